The Labute approximate surface area is 191 Å². The van der Waals surface area contributed by atoms with Gasteiger partial charge in [0.15, 0.2) is 0 Å². The van der Waals surface area contributed by atoms with E-state index in [1.807, 2.05) is 0 Å². The van der Waals surface area contributed by atoms with Crippen LogP contribution in [0.5, 0.6) is 0 Å². The Kier molecular flexibility index (Phi) is 7.72. The number of carbonyl (C=O) groups excluding carboxylic acids is 3. The number of thioether (sulfide) groups is 2. The van der Waals surface area contributed by atoms with Gasteiger partial charge in [-0.15, -0.1) is 11.8 Å². The van der Waals surface area contributed by atoms with Crippen molar-refractivity contribution in [2.45, 2.75) is 4.90 Å². The molecule has 0 atom stereocenters. The van der Waals surface area contributed by atoms with Crippen LogP contribution in [0.2, 0.25) is 5.02 Å². The fourth-order valence-electron chi connectivity index (χ4n) is 2.57. The van der Waals surface area contributed by atoms with Gasteiger partial charge in [-0.2, -0.15) is 0 Å². The summed E-state index contributed by atoms with van der Waals surface area (Å²) in [5.74, 6) is -0.567. The van der Waals surface area contributed by atoms with Crippen molar-refractivity contribution in [1.29, 1.82) is 0 Å². The quantitative estimate of drug-likeness (QED) is 0.262. The van der Waals surface area contributed by atoms with Crippen LogP contribution in [0.4, 0.5) is 10.5 Å². The number of halogens is 1. The van der Waals surface area contributed by atoms with Crippen LogP contribution in [0.3, 0.4) is 0 Å². The molecule has 0 aromatic heterocycles. The Balaban J connectivity index is 1.45. The van der Waals surface area contributed by atoms with E-state index in [2.05, 4.69) is 5.32 Å². The van der Waals surface area contributed by atoms with Crippen molar-refractivity contribution in [3.05, 3.63) is 74.1 Å². The second kappa shape index (κ2) is 10.5. The van der Waals surface area contributed by atoms with Gasteiger partial charge in [0.05, 0.1) is 15.6 Å². The van der Waals surface area contributed by atoms with E-state index in [1.165, 1.54) is 23.9 Å². The van der Waals surface area contributed by atoms with Gasteiger partial charge >= 0.3 is 0 Å². The average Bonchev–Trinajstić information content (AvgIpc) is 3.01. The topological polar surface area (TPSA) is 110 Å². The Hall–Kier alpha value is -2.82. The lowest BCUT2D eigenvalue weighted by Gasteiger charge is -2.13. The molecule has 11 heteroatoms. The maximum atomic E-state index is 12.5. The summed E-state index contributed by atoms with van der Waals surface area (Å²) < 4.78 is 0. The summed E-state index contributed by atoms with van der Waals surface area (Å²) in [6, 6.07) is 12.8. The monoisotopic (exact) mass is 477 g/mol. The summed E-state index contributed by atoms with van der Waals surface area (Å²) in [7, 11) is 0. The third kappa shape index (κ3) is 6.33. The van der Waals surface area contributed by atoms with Crippen LogP contribution in [0.15, 0.2) is 58.3 Å². The lowest BCUT2D eigenvalue weighted by atomic mass is 10.2. The molecule has 1 aliphatic rings. The zero-order valence-corrected chi connectivity index (χ0v) is 18.3. The van der Waals surface area contributed by atoms with Crippen molar-refractivity contribution in [3.63, 3.8) is 0 Å². The van der Waals surface area contributed by atoms with Gasteiger partial charge < -0.3 is 5.32 Å². The van der Waals surface area contributed by atoms with Crippen molar-refractivity contribution in [2.24, 2.45) is 0 Å². The van der Waals surface area contributed by atoms with Gasteiger partial charge in [0.25, 0.3) is 16.8 Å². The molecule has 1 fully saturated rings. The van der Waals surface area contributed by atoms with Crippen LogP contribution in [0.25, 0.3) is 6.08 Å². The number of nitro benzene ring substituents is 1. The molecule has 1 heterocycles. The Morgan fingerprint density at radius 3 is 2.48 bits per heavy atom. The number of nitrogens with zero attached hydrogens (tertiary/aromatic N) is 2. The first-order valence-corrected chi connectivity index (χ1v) is 11.2. The second-order valence-electron chi connectivity index (χ2n) is 6.27. The molecule has 8 nitrogen and oxygen atoms in total. The van der Waals surface area contributed by atoms with Gasteiger partial charge in [-0.1, -0.05) is 23.7 Å². The SMILES string of the molecule is O=C(CSc1ccc([N+](=O)[O-])cc1)NCCN1C(=O)SC(=Cc2ccc(Cl)cc2)C1=O. The number of non-ortho nitro benzene ring substituents is 1. The minimum atomic E-state index is -0.490. The fourth-order valence-corrected chi connectivity index (χ4v) is 4.29. The van der Waals surface area contributed by atoms with E-state index in [4.69, 9.17) is 11.6 Å². The molecule has 1 N–H and O–H groups in total. The Bertz CT molecular complexity index is 1040. The van der Waals surface area contributed by atoms with Crippen molar-refractivity contribution in [2.75, 3.05) is 18.8 Å². The number of imide groups is 1. The van der Waals surface area contributed by atoms with Crippen LogP contribution < -0.4 is 5.32 Å². The van der Waals surface area contributed by atoms with E-state index in [9.17, 15) is 24.5 Å². The van der Waals surface area contributed by atoms with Crippen molar-refractivity contribution in [1.82, 2.24) is 10.2 Å². The summed E-state index contributed by atoms with van der Waals surface area (Å²) in [6.45, 7) is 0.197. The summed E-state index contributed by atoms with van der Waals surface area (Å²) in [6.07, 6.45) is 1.63. The van der Waals surface area contributed by atoms with E-state index in [1.54, 1.807) is 42.5 Å². The van der Waals surface area contributed by atoms with Crippen molar-refractivity contribution >= 4 is 63.9 Å². The highest BCUT2D eigenvalue weighted by molar-refractivity contribution is 8.18. The second-order valence-corrected chi connectivity index (χ2v) is 8.75. The Morgan fingerprint density at radius 2 is 1.84 bits per heavy atom. The average molecular weight is 478 g/mol. The minimum absolute atomic E-state index is 0.0175. The van der Waals surface area contributed by atoms with Gasteiger partial charge in [-0.25, -0.2) is 0 Å². The zero-order valence-electron chi connectivity index (χ0n) is 15.9. The molecule has 0 radical (unpaired) electrons. The largest absolute Gasteiger partial charge is 0.354 e. The molecule has 3 amide bonds. The number of hydrogen-bond acceptors (Lipinski definition) is 7. The molecule has 0 spiro atoms. The maximum absolute atomic E-state index is 12.5. The highest BCUT2D eigenvalue weighted by atomic mass is 35.5. The molecule has 0 unspecified atom stereocenters. The third-order valence-corrected chi connectivity index (χ3v) is 6.29. The molecule has 31 heavy (non-hydrogen) atoms. The number of carbonyl (C=O) groups is 3. The molecule has 0 saturated carbocycles. The minimum Gasteiger partial charge on any atom is -0.354 e. The summed E-state index contributed by atoms with van der Waals surface area (Å²) in [5, 5.41) is 13.5. The number of nitrogens with one attached hydrogen (secondary N) is 1. The van der Waals surface area contributed by atoms with E-state index in [0.717, 1.165) is 27.1 Å². The summed E-state index contributed by atoms with van der Waals surface area (Å²) in [5.41, 5.74) is 0.738. The van der Waals surface area contributed by atoms with Gasteiger partial charge in [-0.3, -0.25) is 29.4 Å². The maximum Gasteiger partial charge on any atom is 0.293 e. The molecule has 0 bridgehead atoms. The molecule has 2 aromatic rings. The van der Waals surface area contributed by atoms with Crippen LogP contribution in [0.1, 0.15) is 5.56 Å². The van der Waals surface area contributed by atoms with Crippen LogP contribution >= 0.6 is 35.1 Å². The van der Waals surface area contributed by atoms with Gasteiger partial charge in [0.1, 0.15) is 0 Å². The van der Waals surface area contributed by atoms with Crippen molar-refractivity contribution in [3.8, 4) is 0 Å². The summed E-state index contributed by atoms with van der Waals surface area (Å²) in [4.78, 5) is 48.9. The number of benzene rings is 2. The number of amides is 3. The third-order valence-electron chi connectivity index (χ3n) is 4.12. The number of nitro groups is 1. The number of rotatable bonds is 8. The van der Waals surface area contributed by atoms with Crippen molar-refractivity contribution < 1.29 is 19.3 Å². The fraction of sp³-hybridized carbons (Fsp3) is 0.150. The lowest BCUT2D eigenvalue weighted by Crippen LogP contribution is -2.37. The molecule has 3 rings (SSSR count). The van der Waals surface area contributed by atoms with E-state index in [0.29, 0.717) is 9.93 Å². The highest BCUT2D eigenvalue weighted by Crippen LogP contribution is 2.32. The zero-order chi connectivity index (χ0) is 22.4. The van der Waals surface area contributed by atoms with Gasteiger partial charge in [0, 0.05) is 35.1 Å². The number of hydrogen-bond donors (Lipinski definition) is 1. The van der Waals surface area contributed by atoms with Crippen LogP contribution in [-0.2, 0) is 9.59 Å². The smallest absolute Gasteiger partial charge is 0.293 e. The first-order chi connectivity index (χ1) is 14.8. The highest BCUT2D eigenvalue weighted by Gasteiger charge is 2.34. The van der Waals surface area contributed by atoms with Crippen LogP contribution in [0, 0.1) is 10.1 Å². The summed E-state index contributed by atoms with van der Waals surface area (Å²) >= 11 is 7.93. The molecular weight excluding hydrogens is 462 g/mol. The van der Waals surface area contributed by atoms with Crippen LogP contribution in [-0.4, -0.2) is 45.7 Å². The first-order valence-electron chi connectivity index (χ1n) is 8.98. The molecule has 2 aromatic carbocycles. The predicted molar refractivity (Wildman–Crippen MR) is 121 cm³/mol. The molecule has 160 valence electrons. The Morgan fingerprint density at radius 1 is 1.16 bits per heavy atom. The first kappa shape index (κ1) is 22.9. The molecule has 1 saturated heterocycles. The lowest BCUT2D eigenvalue weighted by molar-refractivity contribution is -0.384. The molecule has 0 aliphatic carbocycles. The van der Waals surface area contributed by atoms with E-state index < -0.39 is 10.8 Å². The predicted octanol–water partition coefficient (Wildman–Crippen LogP) is 4.19. The molecular formula is C20H16ClN3O5S2. The van der Waals surface area contributed by atoms with Gasteiger partial charge in [0.2, 0.25) is 5.91 Å². The van der Waals surface area contributed by atoms with Gasteiger partial charge in [-0.05, 0) is 47.7 Å². The van der Waals surface area contributed by atoms with E-state index >= 15 is 0 Å². The van der Waals surface area contributed by atoms with E-state index in [-0.39, 0.29) is 35.7 Å². The standard InChI is InChI=1S/C20H16ClN3O5S2/c21-14-3-1-13(2-4-14)11-17-19(26)23(20(27)31-17)10-9-22-18(25)12-30-16-7-5-15(6-8-16)24(28)29/h1-8,11H,9-10,12H2,(H,22,25). The molecule has 1 aliphatic heterocycles. The normalized spacial score (nSPS) is 14.9.